The van der Waals surface area contributed by atoms with Gasteiger partial charge in [-0.25, -0.2) is 0 Å². The predicted octanol–water partition coefficient (Wildman–Crippen LogP) is 2.80. The molecule has 0 bridgehead atoms. The van der Waals surface area contributed by atoms with E-state index in [9.17, 15) is 4.79 Å². The summed E-state index contributed by atoms with van der Waals surface area (Å²) < 4.78 is 0. The van der Waals surface area contributed by atoms with Crippen LogP contribution in [0.2, 0.25) is 0 Å². The zero-order chi connectivity index (χ0) is 14.2. The second-order valence-electron chi connectivity index (χ2n) is 6.15. The molecule has 3 nitrogen and oxygen atoms in total. The molecule has 3 heteroatoms. The maximum Gasteiger partial charge on any atom is 0.246 e. The van der Waals surface area contributed by atoms with Gasteiger partial charge in [0, 0.05) is 11.7 Å². The van der Waals surface area contributed by atoms with Gasteiger partial charge in [0.1, 0.15) is 0 Å². The molecule has 1 N–H and O–H groups in total. The van der Waals surface area contributed by atoms with Gasteiger partial charge in [-0.2, -0.15) is 0 Å². The summed E-state index contributed by atoms with van der Waals surface area (Å²) in [6.45, 7) is 11.1. The van der Waals surface area contributed by atoms with E-state index in [1.807, 2.05) is 18.7 Å². The molecule has 1 aromatic rings. The largest absolute Gasteiger partial charge is 0.308 e. The van der Waals surface area contributed by atoms with Crippen molar-refractivity contribution in [2.24, 2.45) is 0 Å². The fourth-order valence-corrected chi connectivity index (χ4v) is 2.63. The first-order valence-electron chi connectivity index (χ1n) is 6.99. The van der Waals surface area contributed by atoms with Gasteiger partial charge in [-0.05, 0) is 64.8 Å². The normalized spacial score (nSPS) is 23.3. The summed E-state index contributed by atoms with van der Waals surface area (Å²) in [7, 11) is 0. The van der Waals surface area contributed by atoms with Crippen molar-refractivity contribution >= 4 is 11.6 Å². The highest BCUT2D eigenvalue weighted by molar-refractivity contribution is 6.01. The van der Waals surface area contributed by atoms with Crippen LogP contribution in [-0.4, -0.2) is 24.0 Å². The van der Waals surface area contributed by atoms with Crippen molar-refractivity contribution in [3.05, 3.63) is 29.3 Å². The summed E-state index contributed by atoms with van der Waals surface area (Å²) in [6, 6.07) is 6.53. The molecule has 0 aliphatic carbocycles. The smallest absolute Gasteiger partial charge is 0.246 e. The minimum atomic E-state index is -0.499. The number of carbonyl (C=O) groups is 1. The number of carbonyl (C=O) groups excluding carboxylic acids is 1. The topological polar surface area (TPSA) is 32.3 Å². The summed E-state index contributed by atoms with van der Waals surface area (Å²) in [4.78, 5) is 14.8. The Bertz CT molecular complexity index is 494. The van der Waals surface area contributed by atoms with Gasteiger partial charge in [-0.1, -0.05) is 12.1 Å². The van der Waals surface area contributed by atoms with Crippen molar-refractivity contribution in [2.75, 3.05) is 11.4 Å². The van der Waals surface area contributed by atoms with Crippen molar-refractivity contribution in [3.63, 3.8) is 0 Å². The van der Waals surface area contributed by atoms with Crippen LogP contribution in [0.15, 0.2) is 18.2 Å². The van der Waals surface area contributed by atoms with E-state index >= 15 is 0 Å². The highest BCUT2D eigenvalue weighted by Crippen LogP contribution is 2.28. The van der Waals surface area contributed by atoms with Gasteiger partial charge in [-0.15, -0.1) is 0 Å². The molecule has 1 amide bonds. The molecule has 19 heavy (non-hydrogen) atoms. The van der Waals surface area contributed by atoms with Gasteiger partial charge in [0.2, 0.25) is 5.91 Å². The number of hydrogen-bond donors (Lipinski definition) is 1. The number of rotatable bonds is 1. The van der Waals surface area contributed by atoms with Crippen LogP contribution in [0.1, 0.15) is 38.3 Å². The van der Waals surface area contributed by atoms with E-state index in [0.717, 1.165) is 24.2 Å². The predicted molar refractivity (Wildman–Crippen MR) is 79.6 cm³/mol. The third kappa shape index (κ3) is 2.66. The zero-order valence-corrected chi connectivity index (χ0v) is 12.6. The summed E-state index contributed by atoms with van der Waals surface area (Å²) in [5.74, 6) is 0.159. The molecule has 104 valence electrons. The van der Waals surface area contributed by atoms with Gasteiger partial charge in [0.05, 0.1) is 5.54 Å². The zero-order valence-electron chi connectivity index (χ0n) is 12.6. The number of aryl methyl sites for hydroxylation is 2. The minimum absolute atomic E-state index is 0.159. The first-order chi connectivity index (χ1) is 8.83. The van der Waals surface area contributed by atoms with E-state index in [-0.39, 0.29) is 11.9 Å². The number of nitrogens with one attached hydrogen (secondary N) is 1. The van der Waals surface area contributed by atoms with Crippen LogP contribution in [0.25, 0.3) is 0 Å². The molecule has 1 saturated heterocycles. The maximum absolute atomic E-state index is 12.8. The van der Waals surface area contributed by atoms with Crippen LogP contribution in [0.3, 0.4) is 0 Å². The maximum atomic E-state index is 12.8. The Balaban J connectivity index is 2.49. The van der Waals surface area contributed by atoms with Gasteiger partial charge in [-0.3, -0.25) is 4.79 Å². The summed E-state index contributed by atoms with van der Waals surface area (Å²) in [5.41, 5.74) is 2.90. The van der Waals surface area contributed by atoms with Crippen LogP contribution in [0.5, 0.6) is 0 Å². The van der Waals surface area contributed by atoms with Gasteiger partial charge in [0.25, 0.3) is 0 Å². The van der Waals surface area contributed by atoms with Crippen LogP contribution in [0, 0.1) is 13.8 Å². The molecular formula is C16H24N2O. The van der Waals surface area contributed by atoms with Crippen LogP contribution in [-0.2, 0) is 4.79 Å². The molecule has 1 fully saturated rings. The third-order valence-corrected chi connectivity index (χ3v) is 3.95. The van der Waals surface area contributed by atoms with Gasteiger partial charge in [0.15, 0.2) is 0 Å². The molecule has 0 radical (unpaired) electrons. The Labute approximate surface area is 116 Å². The average molecular weight is 260 g/mol. The Morgan fingerprint density at radius 3 is 2.68 bits per heavy atom. The van der Waals surface area contributed by atoms with Crippen LogP contribution in [0.4, 0.5) is 5.69 Å². The van der Waals surface area contributed by atoms with Crippen LogP contribution >= 0.6 is 0 Å². The first kappa shape index (κ1) is 14.1. The van der Waals surface area contributed by atoms with E-state index in [1.54, 1.807) is 0 Å². The number of amides is 1. The lowest BCUT2D eigenvalue weighted by molar-refractivity contribution is -0.123. The fraction of sp³-hybridized carbons (Fsp3) is 0.562. The Morgan fingerprint density at radius 1 is 1.32 bits per heavy atom. The van der Waals surface area contributed by atoms with E-state index in [2.05, 4.69) is 44.3 Å². The molecule has 1 heterocycles. The SMILES string of the molecule is Cc1ccc(C)c(N2C(=O)C(C)(C)NCCC2C)c1. The molecule has 1 aliphatic rings. The lowest BCUT2D eigenvalue weighted by atomic mass is 10.0. The highest BCUT2D eigenvalue weighted by Gasteiger charge is 2.37. The Hall–Kier alpha value is -1.35. The number of benzene rings is 1. The number of nitrogens with zero attached hydrogens (tertiary/aromatic N) is 1. The molecule has 1 atom stereocenters. The van der Waals surface area contributed by atoms with Crippen molar-refractivity contribution in [1.82, 2.24) is 5.32 Å². The molecule has 0 saturated carbocycles. The highest BCUT2D eigenvalue weighted by atomic mass is 16.2. The Kier molecular flexibility index (Phi) is 3.68. The molecule has 0 spiro atoms. The summed E-state index contributed by atoms with van der Waals surface area (Å²) >= 11 is 0. The monoisotopic (exact) mass is 260 g/mol. The fourth-order valence-electron chi connectivity index (χ4n) is 2.63. The molecule has 1 unspecified atom stereocenters. The molecule has 0 aromatic heterocycles. The minimum Gasteiger partial charge on any atom is -0.308 e. The van der Waals surface area contributed by atoms with E-state index < -0.39 is 5.54 Å². The number of anilines is 1. The van der Waals surface area contributed by atoms with Crippen molar-refractivity contribution < 1.29 is 4.79 Å². The Morgan fingerprint density at radius 2 is 2.00 bits per heavy atom. The second-order valence-corrected chi connectivity index (χ2v) is 6.15. The average Bonchev–Trinajstić information content (AvgIpc) is 2.42. The van der Waals surface area contributed by atoms with E-state index in [0.29, 0.717) is 0 Å². The lowest BCUT2D eigenvalue weighted by Crippen LogP contribution is -2.53. The number of hydrogen-bond acceptors (Lipinski definition) is 2. The molecular weight excluding hydrogens is 236 g/mol. The molecule has 1 aliphatic heterocycles. The summed E-state index contributed by atoms with van der Waals surface area (Å²) in [5, 5.41) is 3.34. The van der Waals surface area contributed by atoms with Crippen molar-refractivity contribution in [3.8, 4) is 0 Å². The first-order valence-corrected chi connectivity index (χ1v) is 6.99. The van der Waals surface area contributed by atoms with Gasteiger partial charge >= 0.3 is 0 Å². The van der Waals surface area contributed by atoms with Crippen molar-refractivity contribution in [1.29, 1.82) is 0 Å². The van der Waals surface area contributed by atoms with Crippen molar-refractivity contribution in [2.45, 2.75) is 52.6 Å². The van der Waals surface area contributed by atoms with Gasteiger partial charge < -0.3 is 10.2 Å². The van der Waals surface area contributed by atoms with E-state index in [4.69, 9.17) is 0 Å². The quantitative estimate of drug-likeness (QED) is 0.842. The molecule has 1 aromatic carbocycles. The lowest BCUT2D eigenvalue weighted by Gasteiger charge is -2.33. The standard InChI is InChI=1S/C16H24N2O/c1-11-6-7-12(2)14(10-11)18-13(3)8-9-17-16(4,5)15(18)19/h6-7,10,13,17H,8-9H2,1-5H3. The molecule has 2 rings (SSSR count). The van der Waals surface area contributed by atoms with Crippen LogP contribution < -0.4 is 10.2 Å². The van der Waals surface area contributed by atoms with E-state index in [1.165, 1.54) is 5.56 Å². The second kappa shape index (κ2) is 4.97. The summed E-state index contributed by atoms with van der Waals surface area (Å²) in [6.07, 6.45) is 0.975. The third-order valence-electron chi connectivity index (χ3n) is 3.95.